The molecule has 0 radical (unpaired) electrons. The van der Waals surface area contributed by atoms with Gasteiger partial charge in [-0.15, -0.1) is 0 Å². The third kappa shape index (κ3) is 3.03. The second-order valence-corrected chi connectivity index (χ2v) is 9.27. The number of ether oxygens (including phenoxy) is 2. The molecule has 0 fully saturated rings. The molecule has 7 nitrogen and oxygen atoms in total. The highest BCUT2D eigenvalue weighted by molar-refractivity contribution is 7.90. The van der Waals surface area contributed by atoms with Crippen molar-refractivity contribution in [1.82, 2.24) is 13.9 Å². The summed E-state index contributed by atoms with van der Waals surface area (Å²) >= 11 is 0. The van der Waals surface area contributed by atoms with Crippen molar-refractivity contribution in [2.45, 2.75) is 11.8 Å². The molecule has 0 atom stereocenters. The van der Waals surface area contributed by atoms with Gasteiger partial charge >= 0.3 is 0 Å². The van der Waals surface area contributed by atoms with Gasteiger partial charge < -0.3 is 14.5 Å². The minimum atomic E-state index is -3.91. The standard InChI is InChI=1S/C24H21N3O4S/c1-15-6-8-17(9-7-15)32(28,29)27-21(11-16-5-4-10-25-24(16)27)19-14-26-20-13-23(31-3)22(30-2)12-18(19)20/h4-14,26H,1-3H3. The van der Waals surface area contributed by atoms with E-state index in [1.807, 2.05) is 31.2 Å². The molecule has 0 saturated carbocycles. The van der Waals surface area contributed by atoms with E-state index in [1.165, 1.54) is 3.97 Å². The van der Waals surface area contributed by atoms with E-state index in [0.717, 1.165) is 27.4 Å². The summed E-state index contributed by atoms with van der Waals surface area (Å²) in [5.74, 6) is 1.14. The summed E-state index contributed by atoms with van der Waals surface area (Å²) in [5, 5.41) is 1.54. The molecule has 32 heavy (non-hydrogen) atoms. The van der Waals surface area contributed by atoms with Crippen LogP contribution in [0.25, 0.3) is 33.2 Å². The molecule has 0 unspecified atom stereocenters. The smallest absolute Gasteiger partial charge is 0.269 e. The molecule has 3 heterocycles. The zero-order valence-electron chi connectivity index (χ0n) is 17.8. The number of hydrogen-bond donors (Lipinski definition) is 1. The summed E-state index contributed by atoms with van der Waals surface area (Å²) in [5.41, 5.74) is 3.39. The van der Waals surface area contributed by atoms with Gasteiger partial charge in [0.25, 0.3) is 10.0 Å². The summed E-state index contributed by atoms with van der Waals surface area (Å²) in [4.78, 5) is 7.81. The van der Waals surface area contributed by atoms with Crippen molar-refractivity contribution in [2.24, 2.45) is 0 Å². The first-order chi connectivity index (χ1) is 15.4. The Balaban J connectivity index is 1.82. The third-order valence-corrected chi connectivity index (χ3v) is 7.26. The van der Waals surface area contributed by atoms with Gasteiger partial charge in [-0.1, -0.05) is 17.7 Å². The van der Waals surface area contributed by atoms with Gasteiger partial charge in [0.1, 0.15) is 0 Å². The minimum Gasteiger partial charge on any atom is -0.493 e. The van der Waals surface area contributed by atoms with E-state index in [1.54, 1.807) is 56.9 Å². The van der Waals surface area contributed by atoms with Crippen molar-refractivity contribution in [2.75, 3.05) is 14.2 Å². The molecule has 8 heteroatoms. The first-order valence-electron chi connectivity index (χ1n) is 9.96. The molecule has 0 aliphatic rings. The van der Waals surface area contributed by atoms with Gasteiger partial charge in [0.2, 0.25) is 0 Å². The number of nitrogens with zero attached hydrogens (tertiary/aromatic N) is 2. The summed E-state index contributed by atoms with van der Waals surface area (Å²) < 4.78 is 39.7. The lowest BCUT2D eigenvalue weighted by atomic mass is 10.1. The van der Waals surface area contributed by atoms with Crippen LogP contribution in [0, 0.1) is 6.92 Å². The molecule has 0 bridgehead atoms. The first-order valence-corrected chi connectivity index (χ1v) is 11.4. The van der Waals surface area contributed by atoms with Crippen LogP contribution >= 0.6 is 0 Å². The molecule has 0 saturated heterocycles. The van der Waals surface area contributed by atoms with Gasteiger partial charge in [0.15, 0.2) is 17.1 Å². The molecule has 0 amide bonds. The fourth-order valence-corrected chi connectivity index (χ4v) is 5.40. The Morgan fingerprint density at radius 3 is 2.41 bits per heavy atom. The fraction of sp³-hybridized carbons (Fsp3) is 0.125. The van der Waals surface area contributed by atoms with Crippen LogP contribution in [-0.2, 0) is 10.0 Å². The summed E-state index contributed by atoms with van der Waals surface area (Å²) in [6.07, 6.45) is 3.38. The number of methoxy groups -OCH3 is 2. The van der Waals surface area contributed by atoms with E-state index in [2.05, 4.69) is 9.97 Å². The Bertz CT molecular complexity index is 1560. The van der Waals surface area contributed by atoms with Crippen LogP contribution in [0.1, 0.15) is 5.56 Å². The Kier molecular flexibility index (Phi) is 4.67. The number of H-pyrrole nitrogens is 1. The topological polar surface area (TPSA) is 86.2 Å². The van der Waals surface area contributed by atoms with Crippen LogP contribution in [0.15, 0.2) is 71.9 Å². The Morgan fingerprint density at radius 2 is 1.69 bits per heavy atom. The number of benzene rings is 2. The molecule has 162 valence electrons. The van der Waals surface area contributed by atoms with Crippen LogP contribution in [0.4, 0.5) is 0 Å². The Labute approximate surface area is 185 Å². The maximum absolute atomic E-state index is 13.8. The van der Waals surface area contributed by atoms with Crippen LogP contribution in [-0.4, -0.2) is 36.6 Å². The number of pyridine rings is 1. The number of aromatic nitrogens is 3. The van der Waals surface area contributed by atoms with E-state index in [9.17, 15) is 8.42 Å². The molecule has 3 aromatic heterocycles. The maximum atomic E-state index is 13.8. The van der Waals surface area contributed by atoms with Gasteiger partial charge in [0.05, 0.1) is 30.3 Å². The van der Waals surface area contributed by atoms with Crippen LogP contribution < -0.4 is 9.47 Å². The van der Waals surface area contributed by atoms with Crippen LogP contribution in [0.3, 0.4) is 0 Å². The van der Waals surface area contributed by atoms with Gasteiger partial charge in [0, 0.05) is 34.8 Å². The average molecular weight is 448 g/mol. The number of hydrogen-bond acceptors (Lipinski definition) is 5. The van der Waals surface area contributed by atoms with Crippen molar-refractivity contribution >= 4 is 32.0 Å². The maximum Gasteiger partial charge on any atom is 0.269 e. The molecule has 1 N–H and O–H groups in total. The summed E-state index contributed by atoms with van der Waals surface area (Å²) in [6, 6.07) is 16.0. The average Bonchev–Trinajstić information content (AvgIpc) is 3.39. The Morgan fingerprint density at radius 1 is 0.969 bits per heavy atom. The van der Waals surface area contributed by atoms with Gasteiger partial charge in [-0.25, -0.2) is 17.4 Å². The highest BCUT2D eigenvalue weighted by Crippen LogP contribution is 2.39. The molecule has 0 spiro atoms. The zero-order chi connectivity index (χ0) is 22.5. The molecule has 5 rings (SSSR count). The van der Waals surface area contributed by atoms with Crippen molar-refractivity contribution < 1.29 is 17.9 Å². The molecule has 0 aliphatic heterocycles. The van der Waals surface area contributed by atoms with Crippen LogP contribution in [0.2, 0.25) is 0 Å². The summed E-state index contributed by atoms with van der Waals surface area (Å²) in [6.45, 7) is 1.92. The fourth-order valence-electron chi connectivity index (χ4n) is 3.92. The first kappa shape index (κ1) is 20.1. The van der Waals surface area contributed by atoms with Crippen molar-refractivity contribution in [3.05, 3.63) is 72.6 Å². The number of aromatic amines is 1. The van der Waals surface area contributed by atoms with E-state index in [-0.39, 0.29) is 4.90 Å². The quantitative estimate of drug-likeness (QED) is 0.420. The Hall–Kier alpha value is -3.78. The van der Waals surface area contributed by atoms with Gasteiger partial charge in [-0.3, -0.25) is 0 Å². The normalized spacial score (nSPS) is 11.8. The number of aryl methyl sites for hydroxylation is 1. The lowest BCUT2D eigenvalue weighted by Gasteiger charge is -2.12. The van der Waals surface area contributed by atoms with E-state index in [0.29, 0.717) is 22.8 Å². The molecule has 5 aromatic rings. The van der Waals surface area contributed by atoms with E-state index >= 15 is 0 Å². The third-order valence-electron chi connectivity index (χ3n) is 5.54. The van der Waals surface area contributed by atoms with Gasteiger partial charge in [-0.2, -0.15) is 0 Å². The summed E-state index contributed by atoms with van der Waals surface area (Å²) in [7, 11) is -0.766. The number of nitrogens with one attached hydrogen (secondary N) is 1. The van der Waals surface area contributed by atoms with Crippen LogP contribution in [0.5, 0.6) is 11.5 Å². The second kappa shape index (κ2) is 7.42. The van der Waals surface area contributed by atoms with Crippen molar-refractivity contribution in [3.8, 4) is 22.8 Å². The highest BCUT2D eigenvalue weighted by atomic mass is 32.2. The number of fused-ring (bicyclic) bond motifs is 2. The molecule has 2 aromatic carbocycles. The molecular weight excluding hydrogens is 426 g/mol. The largest absolute Gasteiger partial charge is 0.493 e. The lowest BCUT2D eigenvalue weighted by Crippen LogP contribution is -2.14. The highest BCUT2D eigenvalue weighted by Gasteiger charge is 2.26. The van der Waals surface area contributed by atoms with Gasteiger partial charge in [-0.05, 0) is 43.3 Å². The van der Waals surface area contributed by atoms with E-state index in [4.69, 9.17) is 9.47 Å². The minimum absolute atomic E-state index is 0.201. The molecule has 0 aliphatic carbocycles. The predicted molar refractivity (Wildman–Crippen MR) is 124 cm³/mol. The monoisotopic (exact) mass is 447 g/mol. The SMILES string of the molecule is COc1cc2[nH]cc(-c3cc4cccnc4n3S(=O)(=O)c3ccc(C)cc3)c2cc1OC. The molecular formula is C24H21N3O4S. The second-order valence-electron chi connectivity index (χ2n) is 7.48. The van der Waals surface area contributed by atoms with Crippen molar-refractivity contribution in [1.29, 1.82) is 0 Å². The van der Waals surface area contributed by atoms with Crippen molar-refractivity contribution in [3.63, 3.8) is 0 Å². The van der Waals surface area contributed by atoms with E-state index < -0.39 is 10.0 Å². The predicted octanol–water partition coefficient (Wildman–Crippen LogP) is 4.75. The lowest BCUT2D eigenvalue weighted by molar-refractivity contribution is 0.356. The number of rotatable bonds is 5. The zero-order valence-corrected chi connectivity index (χ0v) is 18.6.